The van der Waals surface area contributed by atoms with Gasteiger partial charge in [0.25, 0.3) is 5.91 Å². The molecule has 6 heteroatoms. The molecule has 1 unspecified atom stereocenters. The van der Waals surface area contributed by atoms with Gasteiger partial charge in [-0.05, 0) is 24.3 Å². The number of hydrogen-bond donors (Lipinski definition) is 1. The van der Waals surface area contributed by atoms with Crippen molar-refractivity contribution >= 4 is 28.9 Å². The van der Waals surface area contributed by atoms with Gasteiger partial charge in [0.2, 0.25) is 0 Å². The molecule has 0 bridgehead atoms. The molecule has 1 N–H and O–H groups in total. The van der Waals surface area contributed by atoms with Gasteiger partial charge in [-0.15, -0.1) is 0 Å². The minimum absolute atomic E-state index is 0.148. The summed E-state index contributed by atoms with van der Waals surface area (Å²) >= 11 is 5.88. The van der Waals surface area contributed by atoms with Crippen molar-refractivity contribution in [1.29, 1.82) is 0 Å². The van der Waals surface area contributed by atoms with Gasteiger partial charge in [-0.2, -0.15) is 10.1 Å². The summed E-state index contributed by atoms with van der Waals surface area (Å²) in [5.74, 6) is -0.148. The average molecular weight is 302 g/mol. The summed E-state index contributed by atoms with van der Waals surface area (Å²) in [4.78, 5) is 12.5. The highest BCUT2D eigenvalue weighted by Gasteiger charge is 2.39. The Hall–Kier alpha value is -2.27. The quantitative estimate of drug-likeness (QED) is 0.865. The van der Waals surface area contributed by atoms with Crippen molar-refractivity contribution in [3.05, 3.63) is 52.9 Å². The zero-order valence-electron chi connectivity index (χ0n) is 11.0. The Morgan fingerprint density at radius 3 is 2.95 bits per heavy atom. The summed E-state index contributed by atoms with van der Waals surface area (Å²) < 4.78 is 5.38. The Labute approximate surface area is 126 Å². The molecule has 4 rings (SSSR count). The van der Waals surface area contributed by atoms with Gasteiger partial charge < -0.3 is 10.1 Å². The van der Waals surface area contributed by atoms with E-state index in [1.807, 2.05) is 0 Å². The van der Waals surface area contributed by atoms with E-state index in [4.69, 9.17) is 16.3 Å². The van der Waals surface area contributed by atoms with Crippen LogP contribution in [0.1, 0.15) is 6.42 Å². The number of nitrogens with one attached hydrogen (secondary N) is 1. The molecule has 0 fully saturated rings. The maximum Gasteiger partial charge on any atom is 0.282 e. The van der Waals surface area contributed by atoms with Gasteiger partial charge in [0.15, 0.2) is 0 Å². The number of anilines is 1. The first-order valence-corrected chi connectivity index (χ1v) is 7.09. The summed E-state index contributed by atoms with van der Waals surface area (Å²) in [6, 6.07) is 7.20. The number of benzene rings is 1. The minimum Gasteiger partial charge on any atom is -0.501 e. The monoisotopic (exact) mass is 301 g/mol. The lowest BCUT2D eigenvalue weighted by atomic mass is 9.92. The van der Waals surface area contributed by atoms with Gasteiger partial charge >= 0.3 is 0 Å². The highest BCUT2D eigenvalue weighted by molar-refractivity contribution is 6.36. The standard InChI is InChI=1S/C15H12ClN3O2/c16-9-1-3-10(4-2-9)19-15(20)11-7-17-13-5-6-21-8-12(13)14(11)18-19/h1-4,7-8,13,17H,5-6H2. The summed E-state index contributed by atoms with van der Waals surface area (Å²) in [5.41, 5.74) is 2.89. The number of ether oxygens (including phenoxy) is 1. The van der Waals surface area contributed by atoms with Crippen LogP contribution in [0.3, 0.4) is 0 Å². The third-order valence-electron chi connectivity index (χ3n) is 3.76. The van der Waals surface area contributed by atoms with Crippen molar-refractivity contribution in [2.24, 2.45) is 5.10 Å². The van der Waals surface area contributed by atoms with Crippen LogP contribution in [0, 0.1) is 0 Å². The molecule has 1 aromatic carbocycles. The number of rotatable bonds is 1. The first-order chi connectivity index (χ1) is 10.2. The summed E-state index contributed by atoms with van der Waals surface area (Å²) in [6.07, 6.45) is 4.32. The van der Waals surface area contributed by atoms with E-state index in [9.17, 15) is 4.79 Å². The molecule has 1 atom stereocenters. The van der Waals surface area contributed by atoms with E-state index in [0.29, 0.717) is 28.6 Å². The minimum atomic E-state index is -0.148. The third-order valence-corrected chi connectivity index (χ3v) is 4.01. The Morgan fingerprint density at radius 2 is 2.14 bits per heavy atom. The zero-order valence-corrected chi connectivity index (χ0v) is 11.8. The number of halogens is 1. The van der Waals surface area contributed by atoms with Crippen LogP contribution in [-0.2, 0) is 9.53 Å². The molecule has 3 aliphatic heterocycles. The summed E-state index contributed by atoms with van der Waals surface area (Å²) in [5, 5.41) is 9.74. The topological polar surface area (TPSA) is 53.9 Å². The molecule has 0 saturated carbocycles. The van der Waals surface area contributed by atoms with E-state index in [-0.39, 0.29) is 11.9 Å². The Morgan fingerprint density at radius 1 is 1.33 bits per heavy atom. The van der Waals surface area contributed by atoms with Crippen LogP contribution in [0.5, 0.6) is 0 Å². The van der Waals surface area contributed by atoms with Crippen molar-refractivity contribution in [1.82, 2.24) is 5.32 Å². The van der Waals surface area contributed by atoms with Gasteiger partial charge in [-0.25, -0.2) is 0 Å². The molecular formula is C15H12ClN3O2. The van der Waals surface area contributed by atoms with E-state index in [2.05, 4.69) is 10.4 Å². The summed E-state index contributed by atoms with van der Waals surface area (Å²) in [7, 11) is 0. The molecule has 1 aromatic rings. The molecule has 1 amide bonds. The van der Waals surface area contributed by atoms with E-state index >= 15 is 0 Å². The smallest absolute Gasteiger partial charge is 0.282 e. The number of carbonyl (C=O) groups excluding carboxylic acids is 1. The van der Waals surface area contributed by atoms with Crippen LogP contribution in [0.15, 0.2) is 53.0 Å². The lowest BCUT2D eigenvalue weighted by Gasteiger charge is -2.27. The number of fused-ring (bicyclic) bond motifs is 3. The predicted molar refractivity (Wildman–Crippen MR) is 80.0 cm³/mol. The fourth-order valence-corrected chi connectivity index (χ4v) is 2.79. The van der Waals surface area contributed by atoms with Gasteiger partial charge in [0.1, 0.15) is 5.71 Å². The highest BCUT2D eigenvalue weighted by atomic mass is 35.5. The Bertz CT molecular complexity index is 706. The summed E-state index contributed by atoms with van der Waals surface area (Å²) in [6.45, 7) is 0.673. The molecule has 0 aliphatic carbocycles. The molecule has 0 saturated heterocycles. The molecule has 21 heavy (non-hydrogen) atoms. The van der Waals surface area contributed by atoms with Crippen molar-refractivity contribution in [3.63, 3.8) is 0 Å². The molecule has 0 aromatic heterocycles. The number of carbonyl (C=O) groups is 1. The van der Waals surface area contributed by atoms with Gasteiger partial charge in [0.05, 0.1) is 30.2 Å². The van der Waals surface area contributed by atoms with Crippen molar-refractivity contribution in [2.45, 2.75) is 12.5 Å². The molecule has 0 radical (unpaired) electrons. The maximum atomic E-state index is 12.5. The lowest BCUT2D eigenvalue weighted by molar-refractivity contribution is -0.114. The second kappa shape index (κ2) is 4.63. The normalized spacial score (nSPS) is 23.3. The first-order valence-electron chi connectivity index (χ1n) is 6.71. The SMILES string of the molecule is O=C1C2=CNC3CCOC=C3C2=NN1c1ccc(Cl)cc1. The van der Waals surface area contributed by atoms with Crippen LogP contribution in [0.2, 0.25) is 5.02 Å². The molecule has 3 heterocycles. The van der Waals surface area contributed by atoms with E-state index in [1.54, 1.807) is 36.7 Å². The number of nitrogens with zero attached hydrogens (tertiary/aromatic N) is 2. The van der Waals surface area contributed by atoms with Crippen molar-refractivity contribution in [2.75, 3.05) is 11.6 Å². The number of amides is 1. The number of hydrogen-bond acceptors (Lipinski definition) is 4. The van der Waals surface area contributed by atoms with Gasteiger partial charge in [-0.1, -0.05) is 11.6 Å². The first kappa shape index (κ1) is 12.5. The second-order valence-electron chi connectivity index (χ2n) is 5.05. The van der Waals surface area contributed by atoms with E-state index < -0.39 is 0 Å². The largest absolute Gasteiger partial charge is 0.501 e. The molecular weight excluding hydrogens is 290 g/mol. The Kier molecular flexibility index (Phi) is 2.75. The lowest BCUT2D eigenvalue weighted by Crippen LogP contribution is -2.39. The van der Waals surface area contributed by atoms with Crippen LogP contribution < -0.4 is 10.3 Å². The molecule has 3 aliphatic rings. The molecule has 0 spiro atoms. The van der Waals surface area contributed by atoms with Crippen LogP contribution in [0.4, 0.5) is 5.69 Å². The van der Waals surface area contributed by atoms with Crippen LogP contribution in [0.25, 0.3) is 0 Å². The van der Waals surface area contributed by atoms with Crippen molar-refractivity contribution < 1.29 is 9.53 Å². The van der Waals surface area contributed by atoms with Crippen LogP contribution in [-0.4, -0.2) is 24.3 Å². The zero-order chi connectivity index (χ0) is 14.4. The fourth-order valence-electron chi connectivity index (χ4n) is 2.67. The predicted octanol–water partition coefficient (Wildman–Crippen LogP) is 2.20. The number of hydrazone groups is 1. The third kappa shape index (κ3) is 1.93. The fraction of sp³-hybridized carbons (Fsp3) is 0.200. The maximum absolute atomic E-state index is 12.5. The highest BCUT2D eigenvalue weighted by Crippen LogP contribution is 2.31. The van der Waals surface area contributed by atoms with E-state index in [0.717, 1.165) is 12.0 Å². The van der Waals surface area contributed by atoms with Gasteiger partial charge in [-0.3, -0.25) is 4.79 Å². The van der Waals surface area contributed by atoms with E-state index in [1.165, 1.54) is 5.01 Å². The van der Waals surface area contributed by atoms with Crippen molar-refractivity contribution in [3.8, 4) is 0 Å². The average Bonchev–Trinajstić information content (AvgIpc) is 2.86. The second-order valence-corrected chi connectivity index (χ2v) is 5.49. The Balaban J connectivity index is 1.76. The molecule has 5 nitrogen and oxygen atoms in total. The molecule has 106 valence electrons. The van der Waals surface area contributed by atoms with Gasteiger partial charge in [0, 0.05) is 23.2 Å². The van der Waals surface area contributed by atoms with Crippen LogP contribution >= 0.6 is 11.6 Å².